The number of nitrogens with one attached hydrogen (secondary N) is 1. The Balaban J connectivity index is 2.31. The number of nitrogens with zero attached hydrogens (tertiary/aromatic N) is 2. The summed E-state index contributed by atoms with van der Waals surface area (Å²) in [6, 6.07) is 10.2. The van der Waals surface area contributed by atoms with Gasteiger partial charge in [-0.05, 0) is 43.1 Å². The summed E-state index contributed by atoms with van der Waals surface area (Å²) in [6.07, 6.45) is 0. The van der Waals surface area contributed by atoms with Gasteiger partial charge in [-0.1, -0.05) is 12.1 Å². The van der Waals surface area contributed by atoms with Gasteiger partial charge in [0, 0.05) is 5.69 Å². The molecule has 16 heavy (non-hydrogen) atoms. The standard InChI is InChI=1S/C12H11N3S/c1-8-4-3-5-10(6-8)14-12-11(7-13)9(2)15-16-12/h3-6,14H,1-2H3. The van der Waals surface area contributed by atoms with E-state index in [9.17, 15) is 0 Å². The Morgan fingerprint density at radius 3 is 2.88 bits per heavy atom. The van der Waals surface area contributed by atoms with Crippen LogP contribution in [0.3, 0.4) is 0 Å². The molecule has 0 saturated heterocycles. The molecule has 0 atom stereocenters. The third kappa shape index (κ3) is 2.05. The van der Waals surface area contributed by atoms with Crippen LogP contribution >= 0.6 is 11.5 Å². The number of rotatable bonds is 2. The molecule has 3 nitrogen and oxygen atoms in total. The molecular weight excluding hydrogens is 218 g/mol. The van der Waals surface area contributed by atoms with Gasteiger partial charge >= 0.3 is 0 Å². The van der Waals surface area contributed by atoms with E-state index >= 15 is 0 Å². The molecule has 1 heterocycles. The predicted molar refractivity (Wildman–Crippen MR) is 66.0 cm³/mol. The average molecular weight is 229 g/mol. The minimum atomic E-state index is 0.631. The van der Waals surface area contributed by atoms with Crippen molar-refractivity contribution in [2.45, 2.75) is 13.8 Å². The Morgan fingerprint density at radius 1 is 1.38 bits per heavy atom. The Labute approximate surface area is 98.5 Å². The lowest BCUT2D eigenvalue weighted by molar-refractivity contribution is 1.31. The van der Waals surface area contributed by atoms with Gasteiger partial charge in [0.25, 0.3) is 0 Å². The van der Waals surface area contributed by atoms with Gasteiger partial charge in [0.2, 0.25) is 0 Å². The lowest BCUT2D eigenvalue weighted by atomic mass is 10.2. The van der Waals surface area contributed by atoms with Crippen LogP contribution in [0.25, 0.3) is 0 Å². The highest BCUT2D eigenvalue weighted by Crippen LogP contribution is 2.27. The second-order valence-corrected chi connectivity index (χ2v) is 4.35. The second kappa shape index (κ2) is 4.33. The van der Waals surface area contributed by atoms with Crippen LogP contribution in [0.1, 0.15) is 16.8 Å². The van der Waals surface area contributed by atoms with Gasteiger partial charge in [-0.2, -0.15) is 9.64 Å². The molecule has 0 saturated carbocycles. The van der Waals surface area contributed by atoms with Crippen LogP contribution in [0, 0.1) is 25.2 Å². The van der Waals surface area contributed by atoms with Gasteiger partial charge in [0.1, 0.15) is 16.6 Å². The van der Waals surface area contributed by atoms with Crippen molar-refractivity contribution in [3.05, 3.63) is 41.1 Å². The van der Waals surface area contributed by atoms with E-state index in [2.05, 4.69) is 15.8 Å². The Hall–Kier alpha value is -1.86. The van der Waals surface area contributed by atoms with Crippen LogP contribution in [0.4, 0.5) is 10.7 Å². The van der Waals surface area contributed by atoms with Crippen LogP contribution in [-0.2, 0) is 0 Å². The van der Waals surface area contributed by atoms with Gasteiger partial charge in [-0.25, -0.2) is 0 Å². The van der Waals surface area contributed by atoms with Crippen molar-refractivity contribution >= 4 is 22.2 Å². The zero-order chi connectivity index (χ0) is 11.5. The maximum Gasteiger partial charge on any atom is 0.132 e. The minimum Gasteiger partial charge on any atom is -0.345 e. The Bertz CT molecular complexity index is 552. The molecule has 0 fully saturated rings. The maximum absolute atomic E-state index is 9.00. The molecule has 1 aromatic heterocycles. The minimum absolute atomic E-state index is 0.631. The van der Waals surface area contributed by atoms with E-state index in [1.54, 1.807) is 0 Å². The summed E-state index contributed by atoms with van der Waals surface area (Å²) in [6.45, 7) is 3.88. The van der Waals surface area contributed by atoms with Gasteiger partial charge in [-0.3, -0.25) is 0 Å². The van der Waals surface area contributed by atoms with Gasteiger partial charge in [-0.15, -0.1) is 0 Å². The summed E-state index contributed by atoms with van der Waals surface area (Å²) < 4.78 is 4.16. The molecular formula is C12H11N3S. The largest absolute Gasteiger partial charge is 0.345 e. The molecule has 0 bridgehead atoms. The van der Waals surface area contributed by atoms with E-state index in [1.165, 1.54) is 17.1 Å². The third-order valence-electron chi connectivity index (χ3n) is 2.25. The fourth-order valence-corrected chi connectivity index (χ4v) is 2.21. The number of aryl methyl sites for hydroxylation is 2. The smallest absolute Gasteiger partial charge is 0.132 e. The number of benzene rings is 1. The molecule has 2 rings (SSSR count). The SMILES string of the molecule is Cc1cccc(Nc2snc(C)c2C#N)c1. The molecule has 0 aliphatic rings. The van der Waals surface area contributed by atoms with Gasteiger partial charge in [0.05, 0.1) is 5.69 Å². The summed E-state index contributed by atoms with van der Waals surface area (Å²) in [5.41, 5.74) is 3.58. The van der Waals surface area contributed by atoms with Gasteiger partial charge < -0.3 is 5.32 Å². The zero-order valence-corrected chi connectivity index (χ0v) is 9.93. The fraction of sp³-hybridized carbons (Fsp3) is 0.167. The van der Waals surface area contributed by atoms with Crippen molar-refractivity contribution in [2.75, 3.05) is 5.32 Å². The summed E-state index contributed by atoms with van der Waals surface area (Å²) in [7, 11) is 0. The first-order chi connectivity index (χ1) is 7.70. The van der Waals surface area contributed by atoms with E-state index in [1.807, 2.05) is 38.1 Å². The molecule has 0 spiro atoms. The highest BCUT2D eigenvalue weighted by atomic mass is 32.1. The highest BCUT2D eigenvalue weighted by molar-refractivity contribution is 7.10. The van der Waals surface area contributed by atoms with Crippen molar-refractivity contribution in [3.8, 4) is 6.07 Å². The van der Waals surface area contributed by atoms with Crippen molar-refractivity contribution in [1.29, 1.82) is 5.26 Å². The maximum atomic E-state index is 9.00. The lowest BCUT2D eigenvalue weighted by Crippen LogP contribution is -1.90. The van der Waals surface area contributed by atoms with E-state index in [0.717, 1.165) is 16.4 Å². The van der Waals surface area contributed by atoms with Crippen molar-refractivity contribution in [3.63, 3.8) is 0 Å². The monoisotopic (exact) mass is 229 g/mol. The average Bonchev–Trinajstić information content (AvgIpc) is 2.59. The van der Waals surface area contributed by atoms with E-state index in [4.69, 9.17) is 5.26 Å². The Morgan fingerprint density at radius 2 is 2.19 bits per heavy atom. The summed E-state index contributed by atoms with van der Waals surface area (Å²) in [4.78, 5) is 0. The summed E-state index contributed by atoms with van der Waals surface area (Å²) in [5.74, 6) is 0. The normalized spacial score (nSPS) is 9.81. The van der Waals surface area contributed by atoms with Crippen LogP contribution in [0.5, 0.6) is 0 Å². The molecule has 0 amide bonds. The van der Waals surface area contributed by atoms with Crippen LogP contribution < -0.4 is 5.32 Å². The van der Waals surface area contributed by atoms with Crippen molar-refractivity contribution in [2.24, 2.45) is 0 Å². The molecule has 0 radical (unpaired) electrons. The molecule has 2 aromatic rings. The summed E-state index contributed by atoms with van der Waals surface area (Å²) in [5, 5.41) is 13.0. The first-order valence-electron chi connectivity index (χ1n) is 4.91. The molecule has 0 aliphatic heterocycles. The summed E-state index contributed by atoms with van der Waals surface area (Å²) >= 11 is 1.32. The molecule has 1 N–H and O–H groups in total. The van der Waals surface area contributed by atoms with Gasteiger partial charge in [0.15, 0.2) is 0 Å². The van der Waals surface area contributed by atoms with E-state index < -0.39 is 0 Å². The number of nitriles is 1. The second-order valence-electron chi connectivity index (χ2n) is 3.58. The van der Waals surface area contributed by atoms with Crippen LogP contribution in [0.15, 0.2) is 24.3 Å². The molecule has 0 unspecified atom stereocenters. The van der Waals surface area contributed by atoms with Crippen LogP contribution in [0.2, 0.25) is 0 Å². The molecule has 4 heteroatoms. The first kappa shape index (κ1) is 10.7. The fourth-order valence-electron chi connectivity index (χ4n) is 1.44. The van der Waals surface area contributed by atoms with Crippen molar-refractivity contribution in [1.82, 2.24) is 4.37 Å². The van der Waals surface area contributed by atoms with Crippen molar-refractivity contribution < 1.29 is 0 Å². The quantitative estimate of drug-likeness (QED) is 0.858. The topological polar surface area (TPSA) is 48.7 Å². The number of aromatic nitrogens is 1. The predicted octanol–water partition coefficient (Wildman–Crippen LogP) is 3.38. The number of anilines is 2. The van der Waals surface area contributed by atoms with Crippen LogP contribution in [-0.4, -0.2) is 4.37 Å². The van der Waals surface area contributed by atoms with E-state index in [-0.39, 0.29) is 0 Å². The number of hydrogen-bond donors (Lipinski definition) is 1. The Kier molecular flexibility index (Phi) is 2.88. The first-order valence-corrected chi connectivity index (χ1v) is 5.68. The molecule has 80 valence electrons. The molecule has 0 aliphatic carbocycles. The van der Waals surface area contributed by atoms with E-state index in [0.29, 0.717) is 5.56 Å². The highest BCUT2D eigenvalue weighted by Gasteiger charge is 2.09. The molecule has 1 aromatic carbocycles. The number of hydrogen-bond acceptors (Lipinski definition) is 4. The lowest BCUT2D eigenvalue weighted by Gasteiger charge is -2.04. The third-order valence-corrected chi connectivity index (χ3v) is 3.10. The zero-order valence-electron chi connectivity index (χ0n) is 9.11.